The molecular weight excluding hydrogens is 356 g/mol. The van der Waals surface area contributed by atoms with E-state index in [9.17, 15) is 13.2 Å². The van der Waals surface area contributed by atoms with Crippen molar-refractivity contribution >= 4 is 15.9 Å². The number of rotatable bonds is 11. The van der Waals surface area contributed by atoms with Crippen LogP contribution in [0.25, 0.3) is 0 Å². The van der Waals surface area contributed by atoms with Crippen LogP contribution in [0.4, 0.5) is 0 Å². The molecule has 0 heterocycles. The molecule has 1 aromatic rings. The van der Waals surface area contributed by atoms with Crippen molar-refractivity contribution in [1.82, 2.24) is 10.0 Å². The monoisotopic (exact) mass is 386 g/mol. The lowest BCUT2D eigenvalue weighted by Crippen LogP contribution is -2.40. The SMILES string of the molecule is CC(C)NC(=O)[C@H](C)Oc1ccc(S(=O)(=O)NCCCOC(C)C)cc1. The zero-order chi connectivity index (χ0) is 19.7. The first kappa shape index (κ1) is 22.4. The third-order valence-corrected chi connectivity index (χ3v) is 4.79. The van der Waals surface area contributed by atoms with Gasteiger partial charge in [0.15, 0.2) is 6.10 Å². The summed E-state index contributed by atoms with van der Waals surface area (Å²) in [4.78, 5) is 12.0. The van der Waals surface area contributed by atoms with Gasteiger partial charge in [-0.1, -0.05) is 0 Å². The Hall–Kier alpha value is -1.64. The van der Waals surface area contributed by atoms with Gasteiger partial charge in [-0.2, -0.15) is 0 Å². The van der Waals surface area contributed by atoms with Gasteiger partial charge in [0.1, 0.15) is 5.75 Å². The van der Waals surface area contributed by atoms with E-state index in [1.54, 1.807) is 6.92 Å². The Bertz CT molecular complexity index is 657. The van der Waals surface area contributed by atoms with E-state index in [4.69, 9.17) is 9.47 Å². The van der Waals surface area contributed by atoms with Crippen molar-refractivity contribution in [2.45, 2.75) is 64.2 Å². The molecule has 8 heteroatoms. The molecule has 0 bridgehead atoms. The van der Waals surface area contributed by atoms with Crippen molar-refractivity contribution < 1.29 is 22.7 Å². The lowest BCUT2D eigenvalue weighted by Gasteiger charge is -2.16. The van der Waals surface area contributed by atoms with Gasteiger partial charge in [0.05, 0.1) is 11.0 Å². The lowest BCUT2D eigenvalue weighted by molar-refractivity contribution is -0.127. The molecule has 0 spiro atoms. The second-order valence-electron chi connectivity index (χ2n) is 6.57. The van der Waals surface area contributed by atoms with Crippen LogP contribution >= 0.6 is 0 Å². The highest BCUT2D eigenvalue weighted by Gasteiger charge is 2.17. The number of nitrogens with one attached hydrogen (secondary N) is 2. The van der Waals surface area contributed by atoms with Gasteiger partial charge in [-0.15, -0.1) is 0 Å². The first-order chi connectivity index (χ1) is 12.1. The average Bonchev–Trinajstić information content (AvgIpc) is 2.54. The Morgan fingerprint density at radius 3 is 2.23 bits per heavy atom. The van der Waals surface area contributed by atoms with Crippen molar-refractivity contribution in [2.75, 3.05) is 13.2 Å². The van der Waals surface area contributed by atoms with Crippen molar-refractivity contribution in [3.05, 3.63) is 24.3 Å². The fourth-order valence-corrected chi connectivity index (χ4v) is 3.11. The summed E-state index contributed by atoms with van der Waals surface area (Å²) in [6.07, 6.45) is 0.0595. The number of ether oxygens (including phenoxy) is 2. The van der Waals surface area contributed by atoms with Crippen LogP contribution in [-0.2, 0) is 19.6 Å². The number of carbonyl (C=O) groups is 1. The molecule has 0 unspecified atom stereocenters. The molecule has 2 N–H and O–H groups in total. The van der Waals surface area contributed by atoms with E-state index < -0.39 is 16.1 Å². The third-order valence-electron chi connectivity index (χ3n) is 3.31. The maximum Gasteiger partial charge on any atom is 0.260 e. The standard InChI is InChI=1S/C18H30N2O5S/c1-13(2)20-18(21)15(5)25-16-7-9-17(10-8-16)26(22,23)19-11-6-12-24-14(3)4/h7-10,13-15,19H,6,11-12H2,1-5H3,(H,20,21)/t15-/m0/s1. The van der Waals surface area contributed by atoms with Crippen molar-refractivity contribution in [1.29, 1.82) is 0 Å². The molecule has 0 saturated heterocycles. The molecule has 148 valence electrons. The van der Waals surface area contributed by atoms with Crippen molar-refractivity contribution in [2.24, 2.45) is 0 Å². The van der Waals surface area contributed by atoms with Gasteiger partial charge >= 0.3 is 0 Å². The molecule has 0 aliphatic heterocycles. The summed E-state index contributed by atoms with van der Waals surface area (Å²) in [6, 6.07) is 6.01. The van der Waals surface area contributed by atoms with E-state index in [0.717, 1.165) is 0 Å². The summed E-state index contributed by atoms with van der Waals surface area (Å²) in [7, 11) is -3.58. The zero-order valence-electron chi connectivity index (χ0n) is 16.1. The first-order valence-corrected chi connectivity index (χ1v) is 10.3. The summed E-state index contributed by atoms with van der Waals surface area (Å²) in [5, 5.41) is 2.76. The largest absolute Gasteiger partial charge is 0.481 e. The second kappa shape index (κ2) is 10.5. The Morgan fingerprint density at radius 2 is 1.69 bits per heavy atom. The predicted octanol–water partition coefficient (Wildman–Crippen LogP) is 2.07. The van der Waals surface area contributed by atoms with Gasteiger partial charge in [0.25, 0.3) is 5.91 Å². The maximum atomic E-state index is 12.2. The normalized spacial score (nSPS) is 13.0. The van der Waals surface area contributed by atoms with Crippen molar-refractivity contribution in [3.63, 3.8) is 0 Å². The maximum absolute atomic E-state index is 12.2. The van der Waals surface area contributed by atoms with Gasteiger partial charge in [-0.05, 0) is 65.3 Å². The smallest absolute Gasteiger partial charge is 0.260 e. The first-order valence-electron chi connectivity index (χ1n) is 8.80. The second-order valence-corrected chi connectivity index (χ2v) is 8.33. The van der Waals surface area contributed by atoms with Crippen LogP contribution in [-0.4, -0.2) is 45.7 Å². The summed E-state index contributed by atoms with van der Waals surface area (Å²) < 4.78 is 37.9. The van der Waals surface area contributed by atoms with Gasteiger partial charge in [0, 0.05) is 19.2 Å². The molecule has 1 amide bonds. The summed E-state index contributed by atoms with van der Waals surface area (Å²) in [6.45, 7) is 10.0. The quantitative estimate of drug-likeness (QED) is 0.568. The Kier molecular flexibility index (Phi) is 9.04. The summed E-state index contributed by atoms with van der Waals surface area (Å²) in [5.74, 6) is 0.211. The van der Waals surface area contributed by atoms with Crippen molar-refractivity contribution in [3.8, 4) is 5.75 Å². The molecule has 26 heavy (non-hydrogen) atoms. The van der Waals surface area contributed by atoms with Gasteiger partial charge in [0.2, 0.25) is 10.0 Å². The Balaban J connectivity index is 2.56. The van der Waals surface area contributed by atoms with E-state index in [0.29, 0.717) is 25.3 Å². The van der Waals surface area contributed by atoms with Crippen LogP contribution in [0.3, 0.4) is 0 Å². The van der Waals surface area contributed by atoms with Crippen LogP contribution < -0.4 is 14.8 Å². The summed E-state index contributed by atoms with van der Waals surface area (Å²) in [5.41, 5.74) is 0. The van der Waals surface area contributed by atoms with E-state index in [2.05, 4.69) is 10.0 Å². The molecule has 7 nitrogen and oxygen atoms in total. The number of hydrogen-bond donors (Lipinski definition) is 2. The van der Waals surface area contributed by atoms with E-state index in [1.807, 2.05) is 27.7 Å². The molecule has 0 aliphatic carbocycles. The molecule has 1 aromatic carbocycles. The van der Waals surface area contributed by atoms with Crippen LogP contribution in [0.5, 0.6) is 5.75 Å². The molecule has 0 aliphatic rings. The van der Waals surface area contributed by atoms with Crippen LogP contribution in [0, 0.1) is 0 Å². The van der Waals surface area contributed by atoms with E-state index in [-0.39, 0.29) is 22.9 Å². The number of carbonyl (C=O) groups excluding carboxylic acids is 1. The Morgan fingerprint density at radius 1 is 1.08 bits per heavy atom. The average molecular weight is 387 g/mol. The summed E-state index contributed by atoms with van der Waals surface area (Å²) >= 11 is 0. The topological polar surface area (TPSA) is 93.7 Å². The van der Waals surface area contributed by atoms with E-state index in [1.165, 1.54) is 24.3 Å². The number of benzene rings is 1. The highest BCUT2D eigenvalue weighted by molar-refractivity contribution is 7.89. The molecular formula is C18H30N2O5S. The predicted molar refractivity (Wildman–Crippen MR) is 101 cm³/mol. The molecule has 1 rings (SSSR count). The molecule has 0 radical (unpaired) electrons. The zero-order valence-corrected chi connectivity index (χ0v) is 16.9. The number of sulfonamides is 1. The molecule has 0 saturated carbocycles. The van der Waals surface area contributed by atoms with Crippen LogP contribution in [0.2, 0.25) is 0 Å². The minimum atomic E-state index is -3.58. The minimum absolute atomic E-state index is 0.0260. The fraction of sp³-hybridized carbons (Fsp3) is 0.611. The number of hydrogen-bond acceptors (Lipinski definition) is 5. The molecule has 0 aromatic heterocycles. The van der Waals surface area contributed by atoms with E-state index >= 15 is 0 Å². The van der Waals surface area contributed by atoms with Gasteiger partial charge < -0.3 is 14.8 Å². The van der Waals surface area contributed by atoms with Gasteiger partial charge in [-0.25, -0.2) is 13.1 Å². The fourth-order valence-electron chi connectivity index (χ4n) is 2.04. The van der Waals surface area contributed by atoms with Crippen LogP contribution in [0.15, 0.2) is 29.2 Å². The number of amides is 1. The molecule has 1 atom stereocenters. The van der Waals surface area contributed by atoms with Gasteiger partial charge in [-0.3, -0.25) is 4.79 Å². The molecule has 0 fully saturated rings. The highest BCUT2D eigenvalue weighted by atomic mass is 32.2. The van der Waals surface area contributed by atoms with Crippen LogP contribution in [0.1, 0.15) is 41.0 Å². The highest BCUT2D eigenvalue weighted by Crippen LogP contribution is 2.17. The lowest BCUT2D eigenvalue weighted by atomic mass is 10.3. The Labute approximate surface area is 156 Å². The minimum Gasteiger partial charge on any atom is -0.481 e. The third kappa shape index (κ3) is 8.16.